The highest BCUT2D eigenvalue weighted by molar-refractivity contribution is 5.80. The van der Waals surface area contributed by atoms with Crippen LogP contribution in [-0.2, 0) is 11.3 Å². The smallest absolute Gasteiger partial charge is 0.194 e. The molecule has 2 heterocycles. The highest BCUT2D eigenvalue weighted by Crippen LogP contribution is 2.21. The second-order valence-electron chi connectivity index (χ2n) is 7.67. The van der Waals surface area contributed by atoms with Gasteiger partial charge in [0.15, 0.2) is 5.96 Å². The summed E-state index contributed by atoms with van der Waals surface area (Å²) < 4.78 is 20.1. The number of hydrogen-bond donors (Lipinski definition) is 1. The fourth-order valence-electron chi connectivity index (χ4n) is 4.24. The molecule has 1 aromatic carbocycles. The lowest BCUT2D eigenvalue weighted by molar-refractivity contribution is 0.0195. The summed E-state index contributed by atoms with van der Waals surface area (Å²) in [6.07, 6.45) is 1.15. The van der Waals surface area contributed by atoms with Crippen LogP contribution in [0.1, 0.15) is 32.8 Å². The summed E-state index contributed by atoms with van der Waals surface area (Å²) in [5.74, 6) is 0.761. The third-order valence-electron chi connectivity index (χ3n) is 5.89. The molecule has 0 spiro atoms. The Hall–Kier alpha value is -1.86. The van der Waals surface area contributed by atoms with E-state index in [2.05, 4.69) is 22.0 Å². The monoisotopic (exact) mass is 405 g/mol. The molecule has 1 atom stereocenters. The van der Waals surface area contributed by atoms with E-state index < -0.39 is 0 Å². The van der Waals surface area contributed by atoms with E-state index >= 15 is 0 Å². The lowest BCUT2D eigenvalue weighted by Gasteiger charge is -2.32. The van der Waals surface area contributed by atoms with Crippen LogP contribution in [0.25, 0.3) is 0 Å². The number of nitrogens with zero attached hydrogens (tertiary/aromatic N) is 4. The number of nitrogens with one attached hydrogen (secondary N) is 1. The first-order valence-corrected chi connectivity index (χ1v) is 11.0. The number of rotatable bonds is 7. The summed E-state index contributed by atoms with van der Waals surface area (Å²) in [6, 6.07) is 6.06. The second kappa shape index (κ2) is 10.8. The van der Waals surface area contributed by atoms with E-state index in [1.54, 1.807) is 6.07 Å². The van der Waals surface area contributed by atoms with Crippen molar-refractivity contribution >= 4 is 11.6 Å². The number of anilines is 1. The molecule has 0 aliphatic carbocycles. The maximum absolute atomic E-state index is 14.6. The van der Waals surface area contributed by atoms with Crippen LogP contribution in [0.3, 0.4) is 0 Å². The number of morpholine rings is 1. The van der Waals surface area contributed by atoms with Crippen molar-refractivity contribution in [2.24, 2.45) is 4.99 Å². The Kier molecular flexibility index (Phi) is 8.12. The van der Waals surface area contributed by atoms with Crippen molar-refractivity contribution in [3.8, 4) is 0 Å². The van der Waals surface area contributed by atoms with E-state index in [0.29, 0.717) is 18.3 Å². The van der Waals surface area contributed by atoms with Crippen LogP contribution >= 0.6 is 0 Å². The molecule has 7 heteroatoms. The second-order valence-corrected chi connectivity index (χ2v) is 7.67. The highest BCUT2D eigenvalue weighted by atomic mass is 19.1. The first kappa shape index (κ1) is 21.8. The van der Waals surface area contributed by atoms with Crippen LogP contribution in [0.15, 0.2) is 23.2 Å². The predicted molar refractivity (Wildman–Crippen MR) is 117 cm³/mol. The molecule has 29 heavy (non-hydrogen) atoms. The third kappa shape index (κ3) is 5.60. The summed E-state index contributed by atoms with van der Waals surface area (Å²) in [7, 11) is 0. The number of guanidine groups is 1. The van der Waals surface area contributed by atoms with Crippen molar-refractivity contribution in [3.05, 3.63) is 29.6 Å². The summed E-state index contributed by atoms with van der Waals surface area (Å²) in [4.78, 5) is 11.7. The molecule has 6 nitrogen and oxygen atoms in total. The molecule has 2 aliphatic heterocycles. The molecule has 1 unspecified atom stereocenters. The summed E-state index contributed by atoms with van der Waals surface area (Å²) in [5, 5.41) is 3.41. The van der Waals surface area contributed by atoms with Gasteiger partial charge in [-0.05, 0) is 44.9 Å². The molecule has 1 aromatic rings. The lowest BCUT2D eigenvalue weighted by Crippen LogP contribution is -2.46. The van der Waals surface area contributed by atoms with Crippen molar-refractivity contribution in [2.75, 3.05) is 63.9 Å². The van der Waals surface area contributed by atoms with Gasteiger partial charge in [-0.3, -0.25) is 4.90 Å². The Balaban J connectivity index is 1.64. The van der Waals surface area contributed by atoms with E-state index in [1.165, 1.54) is 0 Å². The number of ether oxygens (including phenoxy) is 1. The van der Waals surface area contributed by atoms with Gasteiger partial charge in [0, 0.05) is 51.9 Å². The third-order valence-corrected chi connectivity index (χ3v) is 5.89. The first-order chi connectivity index (χ1) is 14.2. The predicted octanol–water partition coefficient (Wildman–Crippen LogP) is 2.54. The number of benzene rings is 1. The fraction of sp³-hybridized carbons (Fsp3) is 0.682. The maximum Gasteiger partial charge on any atom is 0.194 e. The minimum absolute atomic E-state index is 0.167. The van der Waals surface area contributed by atoms with Gasteiger partial charge in [-0.25, -0.2) is 9.38 Å². The quantitative estimate of drug-likeness (QED) is 0.558. The SMILES string of the molecule is CCNC(=NCc1ccc(N(CC)CC)c(F)c1)N1CCC(N2CCOCC2)C1. The van der Waals surface area contributed by atoms with Crippen LogP contribution in [0.4, 0.5) is 10.1 Å². The molecule has 0 aromatic heterocycles. The number of hydrogen-bond acceptors (Lipinski definition) is 4. The summed E-state index contributed by atoms with van der Waals surface area (Å²) in [6.45, 7) is 14.8. The van der Waals surface area contributed by atoms with Crippen molar-refractivity contribution in [1.82, 2.24) is 15.1 Å². The van der Waals surface area contributed by atoms with Crippen LogP contribution in [0.5, 0.6) is 0 Å². The van der Waals surface area contributed by atoms with E-state index in [9.17, 15) is 4.39 Å². The minimum atomic E-state index is -0.167. The Bertz CT molecular complexity index is 673. The molecule has 0 saturated carbocycles. The van der Waals surface area contributed by atoms with Crippen LogP contribution < -0.4 is 10.2 Å². The lowest BCUT2D eigenvalue weighted by atomic mass is 10.2. The highest BCUT2D eigenvalue weighted by Gasteiger charge is 2.30. The van der Waals surface area contributed by atoms with E-state index in [1.807, 2.05) is 30.9 Å². The topological polar surface area (TPSA) is 43.3 Å². The fourth-order valence-corrected chi connectivity index (χ4v) is 4.24. The van der Waals surface area contributed by atoms with Gasteiger partial charge in [0.1, 0.15) is 5.82 Å². The van der Waals surface area contributed by atoms with Gasteiger partial charge in [-0.1, -0.05) is 6.07 Å². The molecule has 162 valence electrons. The van der Waals surface area contributed by atoms with Gasteiger partial charge >= 0.3 is 0 Å². The average Bonchev–Trinajstić information content (AvgIpc) is 3.24. The molecular weight excluding hydrogens is 369 g/mol. The zero-order chi connectivity index (χ0) is 20.6. The summed E-state index contributed by atoms with van der Waals surface area (Å²) >= 11 is 0. The number of aliphatic imine (C=N–C) groups is 1. The van der Waals surface area contributed by atoms with Crippen LogP contribution in [0, 0.1) is 5.82 Å². The van der Waals surface area contributed by atoms with Crippen molar-refractivity contribution in [2.45, 2.75) is 39.8 Å². The molecule has 0 amide bonds. The number of likely N-dealkylation sites (tertiary alicyclic amines) is 1. The molecule has 2 saturated heterocycles. The average molecular weight is 406 g/mol. The Labute approximate surface area is 174 Å². The van der Waals surface area contributed by atoms with Crippen molar-refractivity contribution < 1.29 is 9.13 Å². The van der Waals surface area contributed by atoms with Crippen molar-refractivity contribution in [3.63, 3.8) is 0 Å². The van der Waals surface area contributed by atoms with E-state index in [4.69, 9.17) is 9.73 Å². The molecule has 0 bridgehead atoms. The molecule has 3 rings (SSSR count). The van der Waals surface area contributed by atoms with Crippen LogP contribution in [0.2, 0.25) is 0 Å². The largest absolute Gasteiger partial charge is 0.379 e. The Morgan fingerprint density at radius 1 is 1.21 bits per heavy atom. The first-order valence-electron chi connectivity index (χ1n) is 11.0. The van der Waals surface area contributed by atoms with Gasteiger partial charge < -0.3 is 19.9 Å². The van der Waals surface area contributed by atoms with Crippen LogP contribution in [-0.4, -0.2) is 80.8 Å². The summed E-state index contributed by atoms with van der Waals surface area (Å²) in [5.41, 5.74) is 1.57. The minimum Gasteiger partial charge on any atom is -0.379 e. The Morgan fingerprint density at radius 2 is 1.97 bits per heavy atom. The molecule has 2 fully saturated rings. The zero-order valence-electron chi connectivity index (χ0n) is 18.2. The van der Waals surface area contributed by atoms with Gasteiger partial charge in [-0.2, -0.15) is 0 Å². The molecule has 1 N–H and O–H groups in total. The normalized spacial score (nSPS) is 20.9. The van der Waals surface area contributed by atoms with Crippen molar-refractivity contribution in [1.29, 1.82) is 0 Å². The standard InChI is InChI=1S/C22H36FN5O/c1-4-24-22(28-10-9-19(17-28)27-11-13-29-14-12-27)25-16-18-7-8-21(20(23)15-18)26(5-2)6-3/h7-8,15,19H,4-6,9-14,16-17H2,1-3H3,(H,24,25). The van der Waals surface area contributed by atoms with Gasteiger partial charge in [0.05, 0.1) is 25.4 Å². The van der Waals surface area contributed by atoms with Gasteiger partial charge in [-0.15, -0.1) is 0 Å². The van der Waals surface area contributed by atoms with E-state index in [-0.39, 0.29) is 5.82 Å². The molecular formula is C22H36FN5O. The maximum atomic E-state index is 14.6. The molecule has 2 aliphatic rings. The number of halogens is 1. The van der Waals surface area contributed by atoms with Gasteiger partial charge in [0.25, 0.3) is 0 Å². The zero-order valence-corrected chi connectivity index (χ0v) is 18.2. The van der Waals surface area contributed by atoms with E-state index in [0.717, 1.165) is 77.0 Å². The van der Waals surface area contributed by atoms with Gasteiger partial charge in [0.2, 0.25) is 0 Å². The Morgan fingerprint density at radius 3 is 2.62 bits per heavy atom. The molecule has 0 radical (unpaired) electrons.